The molecule has 0 radical (unpaired) electrons. The van der Waals surface area contributed by atoms with Gasteiger partial charge in [0.15, 0.2) is 0 Å². The smallest absolute Gasteiger partial charge is 0.0879 e. The summed E-state index contributed by atoms with van der Waals surface area (Å²) in [6.45, 7) is 0. The van der Waals surface area contributed by atoms with Gasteiger partial charge in [-0.25, -0.2) is 0 Å². The highest BCUT2D eigenvalue weighted by Gasteiger charge is 2.00. The average Bonchev–Trinajstić information content (AvgIpc) is 2.03. The minimum Gasteiger partial charge on any atom is -0.299 e. The van der Waals surface area contributed by atoms with Gasteiger partial charge in [0.25, 0.3) is 0 Å². The second-order valence-electron chi connectivity index (χ2n) is 1.92. The molecule has 0 amide bonds. The summed E-state index contributed by atoms with van der Waals surface area (Å²) >= 11 is 2.09. The summed E-state index contributed by atoms with van der Waals surface area (Å²) in [4.78, 5) is 4.05. The van der Waals surface area contributed by atoms with Crippen LogP contribution in [-0.4, -0.2) is 11.4 Å². The van der Waals surface area contributed by atoms with Gasteiger partial charge in [0, 0.05) is 6.20 Å². The molecule has 0 spiro atoms. The molecule has 1 rings (SSSR count). The lowest BCUT2D eigenvalue weighted by Gasteiger charge is -1.99. The predicted molar refractivity (Wildman–Crippen MR) is 56.6 cm³/mol. The fraction of sp³-hybridized carbons (Fsp3) is 0. The normalized spacial score (nSPS) is 20.5. The van der Waals surface area contributed by atoms with Crippen molar-refractivity contribution >= 4 is 34.0 Å². The van der Waals surface area contributed by atoms with E-state index in [-0.39, 0.29) is 0 Å². The molecule has 1 aliphatic rings. The fourth-order valence-electron chi connectivity index (χ4n) is 0.695. The summed E-state index contributed by atoms with van der Waals surface area (Å²) in [6, 6.07) is 0. The number of hydrogen-bond acceptors (Lipinski definition) is 2. The van der Waals surface area contributed by atoms with Crippen LogP contribution in [0.25, 0.3) is 0 Å². The zero-order chi connectivity index (χ0) is 8.10. The van der Waals surface area contributed by atoms with Crippen molar-refractivity contribution in [2.45, 2.75) is 0 Å². The van der Waals surface area contributed by atoms with Crippen molar-refractivity contribution in [2.75, 3.05) is 0 Å². The molecule has 3 heteroatoms. The van der Waals surface area contributed by atoms with Crippen molar-refractivity contribution in [2.24, 2.45) is 4.99 Å². The molecule has 56 valence electrons. The molecule has 0 aliphatic heterocycles. The highest BCUT2D eigenvalue weighted by molar-refractivity contribution is 14.1. The van der Waals surface area contributed by atoms with Crippen molar-refractivity contribution in [1.29, 1.82) is 5.41 Å². The molecule has 0 saturated heterocycles. The Morgan fingerprint density at radius 1 is 1.36 bits per heavy atom. The van der Waals surface area contributed by atoms with E-state index in [0.29, 0.717) is 11.4 Å². The highest BCUT2D eigenvalue weighted by atomic mass is 127. The van der Waals surface area contributed by atoms with Gasteiger partial charge in [0.05, 0.1) is 11.4 Å². The Hall–Kier alpha value is -0.710. The maximum Gasteiger partial charge on any atom is 0.0879 e. The maximum absolute atomic E-state index is 7.42. The van der Waals surface area contributed by atoms with Crippen LogP contribution < -0.4 is 0 Å². The van der Waals surface area contributed by atoms with E-state index in [9.17, 15) is 0 Å². The Bertz CT molecular complexity index is 272. The van der Waals surface area contributed by atoms with Crippen LogP contribution in [0.5, 0.6) is 0 Å². The van der Waals surface area contributed by atoms with Crippen LogP contribution in [0.4, 0.5) is 0 Å². The second-order valence-corrected chi connectivity index (χ2v) is 2.64. The molecule has 1 N–H and O–H groups in total. The third-order valence-corrected chi connectivity index (χ3v) is 1.50. The monoisotopic (exact) mass is 258 g/mol. The molecule has 2 nitrogen and oxygen atoms in total. The first kappa shape index (κ1) is 8.39. The van der Waals surface area contributed by atoms with Crippen LogP contribution in [-0.2, 0) is 0 Å². The number of allylic oxidation sites excluding steroid dienone is 4. The number of nitrogens with zero attached hydrogens (tertiary/aromatic N) is 1. The van der Waals surface area contributed by atoms with Gasteiger partial charge in [0.1, 0.15) is 0 Å². The number of aliphatic imine (C=N–C) groups is 1. The molecule has 0 fully saturated rings. The van der Waals surface area contributed by atoms with E-state index >= 15 is 0 Å². The predicted octanol–water partition coefficient (Wildman–Crippen LogP) is 2.48. The summed E-state index contributed by atoms with van der Waals surface area (Å²) in [5, 5.41) is 7.42. The lowest BCUT2D eigenvalue weighted by atomic mass is 10.1. The molecular weight excluding hydrogens is 251 g/mol. The van der Waals surface area contributed by atoms with Crippen molar-refractivity contribution in [1.82, 2.24) is 0 Å². The van der Waals surface area contributed by atoms with Crippen molar-refractivity contribution < 1.29 is 0 Å². The van der Waals surface area contributed by atoms with E-state index in [1.807, 2.05) is 22.3 Å². The quantitative estimate of drug-likeness (QED) is 0.554. The first-order valence-electron chi connectivity index (χ1n) is 3.11. The molecule has 0 aromatic carbocycles. The maximum atomic E-state index is 7.42. The molecule has 11 heavy (non-hydrogen) atoms. The van der Waals surface area contributed by atoms with E-state index in [1.54, 1.807) is 12.3 Å². The Kier molecular flexibility index (Phi) is 3.22. The topological polar surface area (TPSA) is 36.2 Å². The molecular formula is C8H7IN2. The molecule has 0 heterocycles. The van der Waals surface area contributed by atoms with Gasteiger partial charge >= 0.3 is 0 Å². The van der Waals surface area contributed by atoms with E-state index in [2.05, 4.69) is 27.6 Å². The van der Waals surface area contributed by atoms with E-state index < -0.39 is 0 Å². The fourth-order valence-corrected chi connectivity index (χ4v) is 0.856. The summed E-state index contributed by atoms with van der Waals surface area (Å²) < 4.78 is 1.81. The molecule has 1 aliphatic carbocycles. The Morgan fingerprint density at radius 3 is 2.73 bits per heavy atom. The first-order valence-corrected chi connectivity index (χ1v) is 4.36. The lowest BCUT2D eigenvalue weighted by Crippen LogP contribution is -2.08. The third kappa shape index (κ3) is 2.42. The SMILES string of the molecule is N=C1C=CC=C/C1=N/C=C\I. The van der Waals surface area contributed by atoms with E-state index in [0.717, 1.165) is 0 Å². The van der Waals surface area contributed by atoms with Gasteiger partial charge in [-0.3, -0.25) is 10.4 Å². The van der Waals surface area contributed by atoms with Crippen molar-refractivity contribution in [3.05, 3.63) is 34.6 Å². The van der Waals surface area contributed by atoms with Gasteiger partial charge in [-0.15, -0.1) is 0 Å². The molecule has 0 aromatic rings. The minimum atomic E-state index is 0.460. The Morgan fingerprint density at radius 2 is 2.09 bits per heavy atom. The van der Waals surface area contributed by atoms with Crippen LogP contribution in [0.1, 0.15) is 0 Å². The largest absolute Gasteiger partial charge is 0.299 e. The zero-order valence-corrected chi connectivity index (χ0v) is 7.95. The van der Waals surface area contributed by atoms with E-state index in [1.165, 1.54) is 0 Å². The summed E-state index contributed by atoms with van der Waals surface area (Å²) in [6.07, 6.45) is 8.92. The average molecular weight is 258 g/mol. The van der Waals surface area contributed by atoms with Gasteiger partial charge < -0.3 is 0 Å². The molecule has 0 unspecified atom stereocenters. The number of hydrogen-bond donors (Lipinski definition) is 1. The van der Waals surface area contributed by atoms with Gasteiger partial charge in [-0.05, 0) is 16.2 Å². The minimum absolute atomic E-state index is 0.460. The lowest BCUT2D eigenvalue weighted by molar-refractivity contribution is 1.52. The third-order valence-electron chi connectivity index (χ3n) is 1.17. The zero-order valence-electron chi connectivity index (χ0n) is 5.79. The highest BCUT2D eigenvalue weighted by Crippen LogP contribution is 1.97. The summed E-state index contributed by atoms with van der Waals surface area (Å²) in [5.74, 6) is 0. The second kappa shape index (κ2) is 4.23. The van der Waals surface area contributed by atoms with Gasteiger partial charge in [-0.1, -0.05) is 34.7 Å². The molecule has 0 saturated carbocycles. The van der Waals surface area contributed by atoms with Crippen LogP contribution >= 0.6 is 22.6 Å². The van der Waals surface area contributed by atoms with Crippen LogP contribution in [0, 0.1) is 5.41 Å². The number of halogens is 1. The molecule has 0 aromatic heterocycles. The summed E-state index contributed by atoms with van der Waals surface area (Å²) in [5.41, 5.74) is 1.17. The standard InChI is InChI=1S/C8H7IN2/c9-5-6-11-8-4-2-1-3-7(8)10/h1-6,10H/b6-5-,10-7?,11-8-. The van der Waals surface area contributed by atoms with Crippen LogP contribution in [0.15, 0.2) is 39.6 Å². The van der Waals surface area contributed by atoms with Crippen molar-refractivity contribution in [3.63, 3.8) is 0 Å². The number of rotatable bonds is 1. The van der Waals surface area contributed by atoms with Crippen LogP contribution in [0.2, 0.25) is 0 Å². The van der Waals surface area contributed by atoms with Crippen LogP contribution in [0.3, 0.4) is 0 Å². The Labute approximate surface area is 79.1 Å². The van der Waals surface area contributed by atoms with Gasteiger partial charge in [0.2, 0.25) is 0 Å². The van der Waals surface area contributed by atoms with Crippen molar-refractivity contribution in [3.8, 4) is 0 Å². The molecule has 0 bridgehead atoms. The molecule has 0 atom stereocenters. The van der Waals surface area contributed by atoms with Gasteiger partial charge in [-0.2, -0.15) is 0 Å². The first-order chi connectivity index (χ1) is 5.34. The number of nitrogens with one attached hydrogen (secondary N) is 1. The summed E-state index contributed by atoms with van der Waals surface area (Å²) in [7, 11) is 0. The Balaban J connectivity index is 2.81. The van der Waals surface area contributed by atoms with E-state index in [4.69, 9.17) is 5.41 Å².